The molecule has 0 unspecified atom stereocenters. The number of nitrogens with zero attached hydrogens (tertiary/aromatic N) is 2. The van der Waals surface area contributed by atoms with E-state index in [1.165, 1.54) is 11.1 Å². The van der Waals surface area contributed by atoms with Crippen molar-refractivity contribution in [3.63, 3.8) is 0 Å². The van der Waals surface area contributed by atoms with E-state index in [1.807, 2.05) is 13.0 Å². The molecular weight excluding hydrogens is 312 g/mol. The number of hydrogen-bond acceptors (Lipinski definition) is 4. The third kappa shape index (κ3) is 3.43. The number of benzene rings is 1. The number of likely N-dealkylation sites (N-methyl/N-ethyl adjacent to an activating group) is 1. The first kappa shape index (κ1) is 16.5. The van der Waals surface area contributed by atoms with Crippen molar-refractivity contribution in [2.24, 2.45) is 0 Å². The number of amides is 1. The third-order valence-corrected chi connectivity index (χ3v) is 6.92. The van der Waals surface area contributed by atoms with Gasteiger partial charge in [-0.2, -0.15) is 0 Å². The van der Waals surface area contributed by atoms with E-state index in [0.29, 0.717) is 6.42 Å². The Bertz CT molecular complexity index is 702. The van der Waals surface area contributed by atoms with Crippen LogP contribution in [0.1, 0.15) is 24.5 Å². The van der Waals surface area contributed by atoms with Gasteiger partial charge in [-0.25, -0.2) is 8.42 Å². The number of carbonyl (C=O) groups is 1. The first-order valence-corrected chi connectivity index (χ1v) is 9.97. The minimum absolute atomic E-state index is 0.0199. The summed E-state index contributed by atoms with van der Waals surface area (Å²) in [5, 5.41) is 0. The van der Waals surface area contributed by atoms with Crippen LogP contribution in [0, 0.1) is 0 Å². The Balaban J connectivity index is 1.66. The molecule has 126 valence electrons. The normalized spacial score (nSPS) is 24.9. The van der Waals surface area contributed by atoms with Gasteiger partial charge in [-0.1, -0.05) is 24.3 Å². The van der Waals surface area contributed by atoms with Gasteiger partial charge in [0.05, 0.1) is 17.5 Å². The Labute approximate surface area is 138 Å². The van der Waals surface area contributed by atoms with Crippen molar-refractivity contribution < 1.29 is 13.2 Å². The number of rotatable bonds is 3. The maximum absolute atomic E-state index is 12.7. The first-order valence-electron chi connectivity index (χ1n) is 8.15. The average Bonchev–Trinajstić information content (AvgIpc) is 2.92. The lowest BCUT2D eigenvalue weighted by molar-refractivity contribution is -0.137. The van der Waals surface area contributed by atoms with Gasteiger partial charge >= 0.3 is 0 Å². The number of hydrogen-bond donors (Lipinski definition) is 0. The topological polar surface area (TPSA) is 57.7 Å². The second-order valence-corrected chi connectivity index (χ2v) is 8.90. The van der Waals surface area contributed by atoms with Crippen LogP contribution < -0.4 is 0 Å². The lowest BCUT2D eigenvalue weighted by Crippen LogP contribution is -2.50. The van der Waals surface area contributed by atoms with Crippen LogP contribution in [0.15, 0.2) is 24.3 Å². The van der Waals surface area contributed by atoms with Crippen molar-refractivity contribution in [3.8, 4) is 0 Å². The minimum atomic E-state index is -2.97. The molecule has 2 aliphatic heterocycles. The molecule has 2 aliphatic rings. The molecule has 1 saturated heterocycles. The molecule has 23 heavy (non-hydrogen) atoms. The molecular formula is C17H24N2O3S. The molecule has 5 nitrogen and oxygen atoms in total. The van der Waals surface area contributed by atoms with E-state index in [1.54, 1.807) is 11.9 Å². The first-order chi connectivity index (χ1) is 10.9. The monoisotopic (exact) mass is 336 g/mol. The predicted molar refractivity (Wildman–Crippen MR) is 89.8 cm³/mol. The van der Waals surface area contributed by atoms with Crippen LogP contribution in [0.3, 0.4) is 0 Å². The molecule has 1 amide bonds. The SMILES string of the molecule is C[C@@H](C(=O)N(C)[C@@H]1CCS(=O)(=O)C1)N1CCc2ccccc2C1. The second kappa shape index (κ2) is 6.24. The minimum Gasteiger partial charge on any atom is -0.340 e. The van der Waals surface area contributed by atoms with E-state index in [-0.39, 0.29) is 29.5 Å². The zero-order chi connectivity index (χ0) is 16.6. The molecule has 0 radical (unpaired) electrons. The van der Waals surface area contributed by atoms with Crippen molar-refractivity contribution >= 4 is 15.7 Å². The molecule has 0 bridgehead atoms. The van der Waals surface area contributed by atoms with Gasteiger partial charge in [0.25, 0.3) is 0 Å². The maximum Gasteiger partial charge on any atom is 0.239 e. The van der Waals surface area contributed by atoms with Crippen LogP contribution in [-0.4, -0.2) is 61.3 Å². The highest BCUT2D eigenvalue weighted by Gasteiger charge is 2.35. The fraction of sp³-hybridized carbons (Fsp3) is 0.588. The van der Waals surface area contributed by atoms with Crippen LogP contribution in [0.4, 0.5) is 0 Å². The van der Waals surface area contributed by atoms with Crippen molar-refractivity contribution in [2.45, 2.75) is 38.4 Å². The van der Waals surface area contributed by atoms with Gasteiger partial charge in [-0.05, 0) is 30.9 Å². The highest BCUT2D eigenvalue weighted by molar-refractivity contribution is 7.91. The lowest BCUT2D eigenvalue weighted by Gasteiger charge is -2.36. The molecule has 0 aromatic heterocycles. The summed E-state index contributed by atoms with van der Waals surface area (Å²) < 4.78 is 23.3. The number of sulfone groups is 1. The molecule has 1 aromatic rings. The van der Waals surface area contributed by atoms with Gasteiger partial charge in [0.1, 0.15) is 0 Å². The van der Waals surface area contributed by atoms with Crippen molar-refractivity contribution in [1.82, 2.24) is 9.80 Å². The summed E-state index contributed by atoms with van der Waals surface area (Å²) >= 11 is 0. The molecule has 2 heterocycles. The van der Waals surface area contributed by atoms with E-state index in [9.17, 15) is 13.2 Å². The Hall–Kier alpha value is -1.40. The Kier molecular flexibility index (Phi) is 4.47. The predicted octanol–water partition coefficient (Wildman–Crippen LogP) is 1.08. The number of fused-ring (bicyclic) bond motifs is 1. The molecule has 0 spiro atoms. The largest absolute Gasteiger partial charge is 0.340 e. The van der Waals surface area contributed by atoms with Crippen LogP contribution >= 0.6 is 0 Å². The quantitative estimate of drug-likeness (QED) is 0.829. The van der Waals surface area contributed by atoms with E-state index in [2.05, 4.69) is 23.1 Å². The van der Waals surface area contributed by atoms with E-state index in [0.717, 1.165) is 19.5 Å². The summed E-state index contributed by atoms with van der Waals surface area (Å²) in [6.07, 6.45) is 1.51. The lowest BCUT2D eigenvalue weighted by atomic mass is 9.98. The molecule has 0 aliphatic carbocycles. The van der Waals surface area contributed by atoms with Gasteiger partial charge in [-0.15, -0.1) is 0 Å². The van der Waals surface area contributed by atoms with Gasteiger partial charge < -0.3 is 4.90 Å². The molecule has 0 saturated carbocycles. The van der Waals surface area contributed by atoms with Gasteiger partial charge in [-0.3, -0.25) is 9.69 Å². The molecule has 3 rings (SSSR count). The molecule has 6 heteroatoms. The van der Waals surface area contributed by atoms with Crippen molar-refractivity contribution in [2.75, 3.05) is 25.1 Å². The van der Waals surface area contributed by atoms with Gasteiger partial charge in [0.2, 0.25) is 5.91 Å². The maximum atomic E-state index is 12.7. The molecule has 1 fully saturated rings. The zero-order valence-corrected chi connectivity index (χ0v) is 14.6. The van der Waals surface area contributed by atoms with Crippen LogP contribution in [0.2, 0.25) is 0 Å². The highest BCUT2D eigenvalue weighted by atomic mass is 32.2. The van der Waals surface area contributed by atoms with E-state index < -0.39 is 9.84 Å². The summed E-state index contributed by atoms with van der Waals surface area (Å²) in [6, 6.07) is 7.95. The van der Waals surface area contributed by atoms with E-state index in [4.69, 9.17) is 0 Å². The standard InChI is InChI=1S/C17H24N2O3S/c1-13(17(20)18(2)16-8-10-23(21,22)12-16)19-9-7-14-5-3-4-6-15(14)11-19/h3-6,13,16H,7-12H2,1-2H3/t13-,16+/m0/s1. The Morgan fingerprint density at radius 3 is 2.65 bits per heavy atom. The second-order valence-electron chi connectivity index (χ2n) is 6.67. The smallest absolute Gasteiger partial charge is 0.239 e. The Morgan fingerprint density at radius 1 is 1.30 bits per heavy atom. The van der Waals surface area contributed by atoms with Gasteiger partial charge in [0, 0.05) is 26.2 Å². The third-order valence-electron chi connectivity index (χ3n) is 5.17. The van der Waals surface area contributed by atoms with Crippen LogP contribution in [-0.2, 0) is 27.6 Å². The highest BCUT2D eigenvalue weighted by Crippen LogP contribution is 2.22. The van der Waals surface area contributed by atoms with E-state index >= 15 is 0 Å². The molecule has 0 N–H and O–H groups in total. The Morgan fingerprint density at radius 2 is 2.00 bits per heavy atom. The van der Waals surface area contributed by atoms with Crippen molar-refractivity contribution in [1.29, 1.82) is 0 Å². The average molecular weight is 336 g/mol. The zero-order valence-electron chi connectivity index (χ0n) is 13.7. The summed E-state index contributed by atoms with van der Waals surface area (Å²) in [5.74, 6) is 0.317. The summed E-state index contributed by atoms with van der Waals surface area (Å²) in [5.41, 5.74) is 2.64. The van der Waals surface area contributed by atoms with Crippen LogP contribution in [0.25, 0.3) is 0 Å². The summed E-state index contributed by atoms with van der Waals surface area (Å²) in [6.45, 7) is 3.57. The molecule has 1 aromatic carbocycles. The molecule has 2 atom stereocenters. The fourth-order valence-electron chi connectivity index (χ4n) is 3.56. The van der Waals surface area contributed by atoms with Crippen molar-refractivity contribution in [3.05, 3.63) is 35.4 Å². The fourth-order valence-corrected chi connectivity index (χ4v) is 5.33. The number of carbonyl (C=O) groups excluding carboxylic acids is 1. The summed E-state index contributed by atoms with van der Waals surface area (Å²) in [7, 11) is -1.23. The summed E-state index contributed by atoms with van der Waals surface area (Å²) in [4.78, 5) is 16.6. The van der Waals surface area contributed by atoms with Crippen LogP contribution in [0.5, 0.6) is 0 Å². The van der Waals surface area contributed by atoms with Gasteiger partial charge in [0.15, 0.2) is 9.84 Å².